The first-order chi connectivity index (χ1) is 12.6. The first kappa shape index (κ1) is 16.4. The molecule has 4 nitrogen and oxygen atoms in total. The van der Waals surface area contributed by atoms with Gasteiger partial charge in [-0.15, -0.1) is 0 Å². The zero-order valence-corrected chi connectivity index (χ0v) is 14.8. The standard InChI is InChI=1S/C21H15ClN2O2/c1-14-19(21(25)24(23-14)17-8-3-2-4-9-17)13-18-10-11-20(26-18)15-6-5-7-16(22)12-15/h2-13H,1H3. The lowest BCUT2D eigenvalue weighted by Gasteiger charge is -2.10. The highest BCUT2D eigenvalue weighted by Crippen LogP contribution is 2.28. The van der Waals surface area contributed by atoms with E-state index < -0.39 is 0 Å². The number of halogens is 1. The molecule has 0 radical (unpaired) electrons. The third kappa shape index (κ3) is 3.07. The number of para-hydroxylation sites is 1. The van der Waals surface area contributed by atoms with Crippen molar-refractivity contribution in [1.82, 2.24) is 0 Å². The second kappa shape index (κ2) is 6.65. The second-order valence-corrected chi connectivity index (χ2v) is 6.34. The van der Waals surface area contributed by atoms with Crippen LogP contribution in [0, 0.1) is 0 Å². The zero-order chi connectivity index (χ0) is 18.1. The summed E-state index contributed by atoms with van der Waals surface area (Å²) in [5, 5.41) is 6.42. The maximum atomic E-state index is 12.7. The molecule has 1 aromatic heterocycles. The van der Waals surface area contributed by atoms with E-state index in [0.717, 1.165) is 11.3 Å². The molecule has 0 bridgehead atoms. The molecular formula is C21H15ClN2O2. The number of hydrogen-bond donors (Lipinski definition) is 0. The number of benzene rings is 2. The van der Waals surface area contributed by atoms with Crippen molar-refractivity contribution in [2.75, 3.05) is 5.01 Å². The topological polar surface area (TPSA) is 45.8 Å². The molecule has 26 heavy (non-hydrogen) atoms. The van der Waals surface area contributed by atoms with E-state index in [1.165, 1.54) is 5.01 Å². The number of nitrogens with zero attached hydrogens (tertiary/aromatic N) is 2. The summed E-state index contributed by atoms with van der Waals surface area (Å²) in [6.07, 6.45) is 1.72. The van der Waals surface area contributed by atoms with Gasteiger partial charge in [0.15, 0.2) is 0 Å². The predicted octanol–water partition coefficient (Wildman–Crippen LogP) is 5.41. The fraction of sp³-hybridized carbons (Fsp3) is 0.0476. The highest BCUT2D eigenvalue weighted by atomic mass is 35.5. The normalized spacial score (nSPS) is 15.6. The number of carbonyl (C=O) groups excluding carboxylic acids is 1. The molecule has 1 aliphatic heterocycles. The maximum absolute atomic E-state index is 12.7. The number of hydrazone groups is 1. The Bertz CT molecular complexity index is 1030. The molecule has 1 amide bonds. The number of rotatable bonds is 3. The van der Waals surface area contributed by atoms with Gasteiger partial charge in [-0.2, -0.15) is 10.1 Å². The molecule has 3 aromatic rings. The molecule has 0 unspecified atom stereocenters. The van der Waals surface area contributed by atoms with Crippen LogP contribution in [0.4, 0.5) is 5.69 Å². The number of carbonyl (C=O) groups is 1. The molecule has 2 heterocycles. The number of amides is 1. The summed E-state index contributed by atoms with van der Waals surface area (Å²) in [6, 6.07) is 20.5. The smallest absolute Gasteiger partial charge is 0.280 e. The van der Waals surface area contributed by atoms with Crippen molar-refractivity contribution in [2.24, 2.45) is 5.10 Å². The monoisotopic (exact) mass is 362 g/mol. The van der Waals surface area contributed by atoms with Crippen LogP contribution in [0.25, 0.3) is 17.4 Å². The van der Waals surface area contributed by atoms with Crippen LogP contribution in [0.3, 0.4) is 0 Å². The molecule has 5 heteroatoms. The van der Waals surface area contributed by atoms with E-state index >= 15 is 0 Å². The fourth-order valence-corrected chi connectivity index (χ4v) is 2.99. The van der Waals surface area contributed by atoms with Gasteiger partial charge >= 0.3 is 0 Å². The summed E-state index contributed by atoms with van der Waals surface area (Å²) in [4.78, 5) is 12.7. The van der Waals surface area contributed by atoms with E-state index in [2.05, 4.69) is 5.10 Å². The van der Waals surface area contributed by atoms with Gasteiger partial charge in [0, 0.05) is 10.6 Å². The van der Waals surface area contributed by atoms with Crippen LogP contribution in [0.1, 0.15) is 12.7 Å². The van der Waals surface area contributed by atoms with Gasteiger partial charge < -0.3 is 4.42 Å². The lowest BCUT2D eigenvalue weighted by atomic mass is 10.1. The third-order valence-corrected chi connectivity index (χ3v) is 4.32. The third-order valence-electron chi connectivity index (χ3n) is 4.09. The van der Waals surface area contributed by atoms with Gasteiger partial charge in [0.2, 0.25) is 0 Å². The number of anilines is 1. The second-order valence-electron chi connectivity index (χ2n) is 5.91. The van der Waals surface area contributed by atoms with Gasteiger partial charge in [-0.3, -0.25) is 4.79 Å². The molecular weight excluding hydrogens is 348 g/mol. The molecule has 128 valence electrons. The Balaban J connectivity index is 1.63. The minimum atomic E-state index is -0.172. The summed E-state index contributed by atoms with van der Waals surface area (Å²) in [7, 11) is 0. The van der Waals surface area contributed by atoms with Gasteiger partial charge in [0.25, 0.3) is 5.91 Å². The molecule has 0 saturated carbocycles. The van der Waals surface area contributed by atoms with Gasteiger partial charge in [-0.05, 0) is 49.4 Å². The van der Waals surface area contributed by atoms with Gasteiger partial charge in [-0.1, -0.05) is 41.9 Å². The summed E-state index contributed by atoms with van der Waals surface area (Å²) in [6.45, 7) is 1.81. The average molecular weight is 363 g/mol. The van der Waals surface area contributed by atoms with E-state index in [1.54, 1.807) is 6.08 Å². The van der Waals surface area contributed by atoms with Crippen molar-refractivity contribution in [3.05, 3.63) is 83.1 Å². The van der Waals surface area contributed by atoms with E-state index in [-0.39, 0.29) is 5.91 Å². The molecule has 0 fully saturated rings. The van der Waals surface area contributed by atoms with Crippen molar-refractivity contribution in [3.63, 3.8) is 0 Å². The molecule has 4 rings (SSSR count). The lowest BCUT2D eigenvalue weighted by molar-refractivity contribution is -0.114. The van der Waals surface area contributed by atoms with Crippen LogP contribution in [-0.4, -0.2) is 11.6 Å². The highest BCUT2D eigenvalue weighted by molar-refractivity contribution is 6.32. The summed E-state index contributed by atoms with van der Waals surface area (Å²) in [5.74, 6) is 1.11. The largest absolute Gasteiger partial charge is 0.457 e. The van der Waals surface area contributed by atoms with Crippen molar-refractivity contribution >= 4 is 35.0 Å². The van der Waals surface area contributed by atoms with Gasteiger partial charge in [-0.25, -0.2) is 0 Å². The van der Waals surface area contributed by atoms with Gasteiger partial charge in [0.1, 0.15) is 11.5 Å². The first-order valence-electron chi connectivity index (χ1n) is 8.14. The van der Waals surface area contributed by atoms with Crippen molar-refractivity contribution in [3.8, 4) is 11.3 Å². The average Bonchev–Trinajstić information content (AvgIpc) is 3.23. The zero-order valence-electron chi connectivity index (χ0n) is 14.0. The maximum Gasteiger partial charge on any atom is 0.280 e. The minimum absolute atomic E-state index is 0.172. The van der Waals surface area contributed by atoms with Crippen LogP contribution < -0.4 is 5.01 Å². The Kier molecular flexibility index (Phi) is 4.19. The SMILES string of the molecule is CC1=NN(c2ccccc2)C(=O)C1=Cc1ccc(-c2cccc(Cl)c2)o1. The van der Waals surface area contributed by atoms with Crippen LogP contribution in [-0.2, 0) is 4.79 Å². The Morgan fingerprint density at radius 3 is 2.62 bits per heavy atom. The molecule has 0 aliphatic carbocycles. The van der Waals surface area contributed by atoms with Crippen molar-refractivity contribution in [2.45, 2.75) is 6.92 Å². The molecule has 2 aromatic carbocycles. The predicted molar refractivity (Wildman–Crippen MR) is 104 cm³/mol. The molecule has 0 spiro atoms. The fourth-order valence-electron chi connectivity index (χ4n) is 2.80. The van der Waals surface area contributed by atoms with E-state index in [9.17, 15) is 4.79 Å². The van der Waals surface area contributed by atoms with E-state index in [0.29, 0.717) is 27.8 Å². The van der Waals surface area contributed by atoms with Crippen molar-refractivity contribution < 1.29 is 9.21 Å². The molecule has 0 saturated heterocycles. The lowest BCUT2D eigenvalue weighted by Crippen LogP contribution is -2.21. The Morgan fingerprint density at radius 1 is 1.04 bits per heavy atom. The molecule has 0 N–H and O–H groups in total. The highest BCUT2D eigenvalue weighted by Gasteiger charge is 2.28. The Hall–Kier alpha value is -3.11. The number of hydrogen-bond acceptors (Lipinski definition) is 3. The first-order valence-corrected chi connectivity index (χ1v) is 8.52. The minimum Gasteiger partial charge on any atom is -0.457 e. The summed E-state index contributed by atoms with van der Waals surface area (Å²) >= 11 is 6.03. The molecule has 0 atom stereocenters. The van der Waals surface area contributed by atoms with Crippen LogP contribution in [0.5, 0.6) is 0 Å². The Morgan fingerprint density at radius 2 is 1.85 bits per heavy atom. The van der Waals surface area contributed by atoms with E-state index in [1.807, 2.05) is 73.7 Å². The summed E-state index contributed by atoms with van der Waals surface area (Å²) < 4.78 is 5.86. The Labute approximate surface area is 156 Å². The van der Waals surface area contributed by atoms with Crippen LogP contribution >= 0.6 is 11.6 Å². The number of furan rings is 1. The van der Waals surface area contributed by atoms with E-state index in [4.69, 9.17) is 16.0 Å². The van der Waals surface area contributed by atoms with Gasteiger partial charge in [0.05, 0.1) is 17.0 Å². The van der Waals surface area contributed by atoms with Crippen LogP contribution in [0.2, 0.25) is 5.02 Å². The quantitative estimate of drug-likeness (QED) is 0.585. The summed E-state index contributed by atoms with van der Waals surface area (Å²) in [5.41, 5.74) is 2.79. The molecule has 1 aliphatic rings. The van der Waals surface area contributed by atoms with Crippen LogP contribution in [0.15, 0.2) is 81.8 Å². The van der Waals surface area contributed by atoms with Crippen molar-refractivity contribution in [1.29, 1.82) is 0 Å².